The zero-order chi connectivity index (χ0) is 12.8. The van der Waals surface area contributed by atoms with Crippen molar-refractivity contribution in [2.24, 2.45) is 0 Å². The molecule has 0 heterocycles. The van der Waals surface area contributed by atoms with Gasteiger partial charge < -0.3 is 5.11 Å². The van der Waals surface area contributed by atoms with Gasteiger partial charge in [-0.2, -0.15) is 0 Å². The smallest absolute Gasteiger partial charge is 0.269 e. The van der Waals surface area contributed by atoms with Gasteiger partial charge in [-0.3, -0.25) is 10.1 Å². The monoisotopic (exact) mass is 233 g/mol. The average molecular weight is 233 g/mol. The number of nitrogens with zero attached hydrogens (tertiary/aromatic N) is 1. The fourth-order valence-electron chi connectivity index (χ4n) is 1.43. The molecule has 0 saturated heterocycles. The highest BCUT2D eigenvalue weighted by atomic mass is 16.6. The van der Waals surface area contributed by atoms with Gasteiger partial charge >= 0.3 is 0 Å². The van der Waals surface area contributed by atoms with Gasteiger partial charge in [0.05, 0.1) is 11.5 Å². The molecule has 90 valence electrons. The number of aliphatic hydroxyl groups is 1. The Labute approximate surface area is 100 Å². The molecule has 1 rings (SSSR count). The Bertz CT molecular complexity index is 458. The van der Waals surface area contributed by atoms with Gasteiger partial charge in [0.1, 0.15) is 0 Å². The molecule has 0 bridgehead atoms. The summed E-state index contributed by atoms with van der Waals surface area (Å²) >= 11 is 0. The van der Waals surface area contributed by atoms with Crippen LogP contribution >= 0.6 is 0 Å². The van der Waals surface area contributed by atoms with Crippen LogP contribution in [0.4, 0.5) is 5.69 Å². The standard InChI is InChI=1S/C13H15NO3/c1-10(7-11(2)9-15)8-12-3-5-13(6-4-12)14(16)17/h3-8,15H,9H2,1-2H3. The summed E-state index contributed by atoms with van der Waals surface area (Å²) in [5, 5.41) is 19.3. The van der Waals surface area contributed by atoms with E-state index in [4.69, 9.17) is 5.11 Å². The first-order chi connectivity index (χ1) is 8.02. The van der Waals surface area contributed by atoms with E-state index < -0.39 is 4.92 Å². The van der Waals surface area contributed by atoms with Crippen molar-refractivity contribution < 1.29 is 10.0 Å². The molecule has 0 radical (unpaired) electrons. The Morgan fingerprint density at radius 2 is 1.94 bits per heavy atom. The lowest BCUT2D eigenvalue weighted by Crippen LogP contribution is -1.87. The second-order valence-electron chi connectivity index (χ2n) is 3.89. The van der Waals surface area contributed by atoms with E-state index in [2.05, 4.69) is 0 Å². The minimum atomic E-state index is -0.420. The molecule has 4 heteroatoms. The van der Waals surface area contributed by atoms with Crippen molar-refractivity contribution in [1.29, 1.82) is 0 Å². The SMILES string of the molecule is CC(=Cc1ccc([N+](=O)[O-])cc1)C=C(C)CO. The van der Waals surface area contributed by atoms with Crippen LogP contribution in [0, 0.1) is 10.1 Å². The van der Waals surface area contributed by atoms with Gasteiger partial charge in [0.2, 0.25) is 0 Å². The first-order valence-electron chi connectivity index (χ1n) is 5.23. The number of nitro groups is 1. The number of nitro benzene ring substituents is 1. The van der Waals surface area contributed by atoms with Crippen LogP contribution in [0.5, 0.6) is 0 Å². The van der Waals surface area contributed by atoms with Gasteiger partial charge in [0.15, 0.2) is 0 Å². The van der Waals surface area contributed by atoms with E-state index in [1.165, 1.54) is 12.1 Å². The summed E-state index contributed by atoms with van der Waals surface area (Å²) in [6.45, 7) is 3.79. The lowest BCUT2D eigenvalue weighted by molar-refractivity contribution is -0.384. The third kappa shape index (κ3) is 4.20. The molecular weight excluding hydrogens is 218 g/mol. The molecule has 0 unspecified atom stereocenters. The van der Waals surface area contributed by atoms with E-state index in [0.29, 0.717) is 0 Å². The highest BCUT2D eigenvalue weighted by Crippen LogP contribution is 2.15. The van der Waals surface area contributed by atoms with E-state index in [1.54, 1.807) is 12.1 Å². The lowest BCUT2D eigenvalue weighted by Gasteiger charge is -1.98. The van der Waals surface area contributed by atoms with Crippen LogP contribution in [0.15, 0.2) is 41.5 Å². The molecule has 0 aliphatic rings. The van der Waals surface area contributed by atoms with Gasteiger partial charge in [-0.1, -0.05) is 17.7 Å². The van der Waals surface area contributed by atoms with E-state index >= 15 is 0 Å². The summed E-state index contributed by atoms with van der Waals surface area (Å²) in [5.41, 5.74) is 2.85. The largest absolute Gasteiger partial charge is 0.392 e. The maximum Gasteiger partial charge on any atom is 0.269 e. The van der Waals surface area contributed by atoms with Crippen molar-refractivity contribution in [1.82, 2.24) is 0 Å². The van der Waals surface area contributed by atoms with Crippen molar-refractivity contribution in [2.45, 2.75) is 13.8 Å². The Kier molecular flexibility index (Phi) is 4.60. The number of non-ortho nitro benzene ring substituents is 1. The van der Waals surface area contributed by atoms with Gasteiger partial charge in [-0.15, -0.1) is 0 Å². The third-order valence-electron chi connectivity index (χ3n) is 2.22. The summed E-state index contributed by atoms with van der Waals surface area (Å²) in [6, 6.07) is 6.34. The maximum atomic E-state index is 10.5. The Hall–Kier alpha value is -1.94. The summed E-state index contributed by atoms with van der Waals surface area (Å²) in [7, 11) is 0. The first kappa shape index (κ1) is 13.1. The molecule has 0 fully saturated rings. The lowest BCUT2D eigenvalue weighted by atomic mass is 10.1. The van der Waals surface area contributed by atoms with Crippen LogP contribution < -0.4 is 0 Å². The molecular formula is C13H15NO3. The van der Waals surface area contributed by atoms with Crippen LogP contribution in [0.25, 0.3) is 6.08 Å². The van der Waals surface area contributed by atoms with Gasteiger partial charge in [0.25, 0.3) is 5.69 Å². The molecule has 0 aromatic heterocycles. The molecule has 0 aliphatic heterocycles. The second kappa shape index (κ2) is 5.96. The number of aliphatic hydroxyl groups excluding tert-OH is 1. The topological polar surface area (TPSA) is 63.4 Å². The van der Waals surface area contributed by atoms with Gasteiger partial charge in [-0.05, 0) is 37.1 Å². The van der Waals surface area contributed by atoms with E-state index in [-0.39, 0.29) is 12.3 Å². The molecule has 0 aliphatic carbocycles. The number of hydrogen-bond donors (Lipinski definition) is 1. The molecule has 17 heavy (non-hydrogen) atoms. The molecule has 0 atom stereocenters. The fourth-order valence-corrected chi connectivity index (χ4v) is 1.43. The minimum absolute atomic E-state index is 0.0332. The average Bonchev–Trinajstić information content (AvgIpc) is 2.29. The Morgan fingerprint density at radius 3 is 2.41 bits per heavy atom. The van der Waals surface area contributed by atoms with Crippen molar-refractivity contribution >= 4 is 11.8 Å². The number of allylic oxidation sites excluding steroid dienone is 2. The van der Waals surface area contributed by atoms with E-state index in [1.807, 2.05) is 26.0 Å². The van der Waals surface area contributed by atoms with Crippen molar-refractivity contribution in [3.63, 3.8) is 0 Å². The maximum absolute atomic E-state index is 10.5. The highest BCUT2D eigenvalue weighted by Gasteiger charge is 2.02. The van der Waals surface area contributed by atoms with Crippen LogP contribution in [0.1, 0.15) is 19.4 Å². The van der Waals surface area contributed by atoms with Gasteiger partial charge in [-0.25, -0.2) is 0 Å². The molecule has 1 aromatic carbocycles. The summed E-state index contributed by atoms with van der Waals surface area (Å²) in [4.78, 5) is 10.1. The third-order valence-corrected chi connectivity index (χ3v) is 2.22. The van der Waals surface area contributed by atoms with Gasteiger partial charge in [0, 0.05) is 12.1 Å². The number of hydrogen-bond acceptors (Lipinski definition) is 3. The summed E-state index contributed by atoms with van der Waals surface area (Å²) in [6.07, 6.45) is 3.78. The minimum Gasteiger partial charge on any atom is -0.392 e. The second-order valence-corrected chi connectivity index (χ2v) is 3.89. The predicted molar refractivity (Wildman–Crippen MR) is 67.6 cm³/mol. The normalized spacial score (nSPS) is 12.6. The van der Waals surface area contributed by atoms with Crippen LogP contribution in [0.3, 0.4) is 0 Å². The first-order valence-corrected chi connectivity index (χ1v) is 5.23. The van der Waals surface area contributed by atoms with Crippen molar-refractivity contribution in [3.05, 3.63) is 57.2 Å². The Balaban J connectivity index is 2.88. The van der Waals surface area contributed by atoms with Crippen molar-refractivity contribution in [2.75, 3.05) is 6.61 Å². The summed E-state index contributed by atoms with van der Waals surface area (Å²) < 4.78 is 0. The highest BCUT2D eigenvalue weighted by molar-refractivity contribution is 5.57. The van der Waals surface area contributed by atoms with E-state index in [9.17, 15) is 10.1 Å². The van der Waals surface area contributed by atoms with Crippen LogP contribution in [0.2, 0.25) is 0 Å². The number of rotatable bonds is 4. The van der Waals surface area contributed by atoms with Crippen LogP contribution in [-0.4, -0.2) is 16.6 Å². The molecule has 1 N–H and O–H groups in total. The number of benzene rings is 1. The quantitative estimate of drug-likeness (QED) is 0.494. The van der Waals surface area contributed by atoms with Crippen LogP contribution in [-0.2, 0) is 0 Å². The molecule has 0 amide bonds. The predicted octanol–water partition coefficient (Wildman–Crippen LogP) is 2.94. The summed E-state index contributed by atoms with van der Waals surface area (Å²) in [5.74, 6) is 0. The molecule has 4 nitrogen and oxygen atoms in total. The Morgan fingerprint density at radius 1 is 1.35 bits per heavy atom. The fraction of sp³-hybridized carbons (Fsp3) is 0.231. The zero-order valence-corrected chi connectivity index (χ0v) is 9.88. The molecule has 1 aromatic rings. The zero-order valence-electron chi connectivity index (χ0n) is 9.88. The van der Waals surface area contributed by atoms with E-state index in [0.717, 1.165) is 16.7 Å². The molecule has 0 saturated carbocycles. The van der Waals surface area contributed by atoms with Crippen molar-refractivity contribution in [3.8, 4) is 0 Å². The molecule has 0 spiro atoms.